The van der Waals surface area contributed by atoms with E-state index in [-0.39, 0.29) is 5.91 Å². The molecule has 20 heavy (non-hydrogen) atoms. The molecule has 0 aliphatic carbocycles. The van der Waals surface area contributed by atoms with Gasteiger partial charge in [-0.2, -0.15) is 0 Å². The van der Waals surface area contributed by atoms with Gasteiger partial charge in [-0.15, -0.1) is 0 Å². The monoisotopic (exact) mass is 332 g/mol. The van der Waals surface area contributed by atoms with Gasteiger partial charge in [-0.1, -0.05) is 34.1 Å². The second-order valence-electron chi connectivity index (χ2n) is 4.62. The maximum Gasteiger partial charge on any atom is 0.253 e. The number of amides is 1. The summed E-state index contributed by atoms with van der Waals surface area (Å²) in [6.45, 7) is 0.585. The Morgan fingerprint density at radius 1 is 1.20 bits per heavy atom. The normalized spacial score (nSPS) is 10.2. The van der Waals surface area contributed by atoms with Gasteiger partial charge in [0.2, 0.25) is 0 Å². The van der Waals surface area contributed by atoms with Crippen LogP contribution in [0, 0.1) is 0 Å². The Morgan fingerprint density at radius 3 is 2.65 bits per heavy atom. The largest absolute Gasteiger partial charge is 0.388 e. The van der Waals surface area contributed by atoms with Crippen molar-refractivity contribution in [1.29, 1.82) is 0 Å². The van der Waals surface area contributed by atoms with Crippen molar-refractivity contribution in [3.8, 4) is 0 Å². The van der Waals surface area contributed by atoms with Crippen LogP contribution >= 0.6 is 15.9 Å². The van der Waals surface area contributed by atoms with E-state index in [0.29, 0.717) is 12.1 Å². The van der Waals surface area contributed by atoms with Gasteiger partial charge in [0.1, 0.15) is 0 Å². The number of benzene rings is 2. The van der Waals surface area contributed by atoms with Gasteiger partial charge in [0, 0.05) is 36.4 Å². The van der Waals surface area contributed by atoms with Gasteiger partial charge in [-0.25, -0.2) is 0 Å². The first-order valence-corrected chi connectivity index (χ1v) is 7.17. The molecule has 0 radical (unpaired) electrons. The van der Waals surface area contributed by atoms with Crippen molar-refractivity contribution in [1.82, 2.24) is 4.90 Å². The van der Waals surface area contributed by atoms with E-state index in [1.807, 2.05) is 62.6 Å². The van der Waals surface area contributed by atoms with Crippen LogP contribution in [0.15, 0.2) is 53.0 Å². The average molecular weight is 333 g/mol. The fraction of sp³-hybridized carbons (Fsp3) is 0.188. The van der Waals surface area contributed by atoms with E-state index in [0.717, 1.165) is 15.7 Å². The third-order valence-corrected chi connectivity index (χ3v) is 3.55. The molecule has 0 aliphatic heterocycles. The van der Waals surface area contributed by atoms with Gasteiger partial charge in [-0.3, -0.25) is 4.79 Å². The molecule has 0 fully saturated rings. The number of hydrogen-bond acceptors (Lipinski definition) is 2. The Morgan fingerprint density at radius 2 is 1.95 bits per heavy atom. The van der Waals surface area contributed by atoms with Crippen LogP contribution in [0.4, 0.5) is 5.69 Å². The minimum atomic E-state index is 0.0158. The van der Waals surface area contributed by atoms with Crippen LogP contribution in [0.5, 0.6) is 0 Å². The molecular formula is C16H17BrN2O. The Labute approximate surface area is 127 Å². The summed E-state index contributed by atoms with van der Waals surface area (Å²) in [4.78, 5) is 14.1. The zero-order valence-corrected chi connectivity index (χ0v) is 13.1. The van der Waals surface area contributed by atoms with Crippen LogP contribution in [0.25, 0.3) is 0 Å². The van der Waals surface area contributed by atoms with Gasteiger partial charge in [0.25, 0.3) is 5.91 Å². The highest BCUT2D eigenvalue weighted by Gasteiger charge is 2.12. The Balaban J connectivity index is 2.12. The van der Waals surface area contributed by atoms with Crippen molar-refractivity contribution in [2.45, 2.75) is 6.54 Å². The lowest BCUT2D eigenvalue weighted by Gasteiger charge is -2.18. The number of nitrogens with zero attached hydrogens (tertiary/aromatic N) is 1. The smallest absolute Gasteiger partial charge is 0.253 e. The zero-order chi connectivity index (χ0) is 14.5. The second kappa shape index (κ2) is 6.57. The average Bonchev–Trinajstić information content (AvgIpc) is 2.46. The summed E-state index contributed by atoms with van der Waals surface area (Å²) in [6.07, 6.45) is 0. The molecule has 0 atom stereocenters. The van der Waals surface area contributed by atoms with Gasteiger partial charge in [0.05, 0.1) is 0 Å². The SMILES string of the molecule is CNc1cccc(C(=O)N(C)Cc2cccc(Br)c2)c1. The minimum absolute atomic E-state index is 0.0158. The summed E-state index contributed by atoms with van der Waals surface area (Å²) < 4.78 is 1.02. The quantitative estimate of drug-likeness (QED) is 0.924. The maximum absolute atomic E-state index is 12.4. The van der Waals surface area contributed by atoms with Crippen LogP contribution < -0.4 is 5.32 Å². The molecule has 2 aromatic carbocycles. The maximum atomic E-state index is 12.4. The topological polar surface area (TPSA) is 32.3 Å². The minimum Gasteiger partial charge on any atom is -0.388 e. The summed E-state index contributed by atoms with van der Waals surface area (Å²) in [5.74, 6) is 0.0158. The summed E-state index contributed by atoms with van der Waals surface area (Å²) >= 11 is 3.44. The van der Waals surface area contributed by atoms with E-state index in [9.17, 15) is 4.79 Å². The lowest BCUT2D eigenvalue weighted by molar-refractivity contribution is 0.0785. The van der Waals surface area contributed by atoms with E-state index in [1.54, 1.807) is 4.90 Å². The highest BCUT2D eigenvalue weighted by atomic mass is 79.9. The van der Waals surface area contributed by atoms with E-state index in [1.165, 1.54) is 0 Å². The molecule has 0 aliphatic rings. The Bertz CT molecular complexity index is 613. The fourth-order valence-corrected chi connectivity index (χ4v) is 2.46. The molecule has 0 unspecified atom stereocenters. The number of carbonyl (C=O) groups is 1. The van der Waals surface area contributed by atoms with Crippen molar-refractivity contribution < 1.29 is 4.79 Å². The molecule has 2 aromatic rings. The second-order valence-corrected chi connectivity index (χ2v) is 5.54. The number of carbonyl (C=O) groups excluding carboxylic acids is 1. The number of nitrogens with one attached hydrogen (secondary N) is 1. The molecule has 104 valence electrons. The first kappa shape index (κ1) is 14.6. The third kappa shape index (κ3) is 3.61. The van der Waals surface area contributed by atoms with E-state index in [4.69, 9.17) is 0 Å². The van der Waals surface area contributed by atoms with E-state index < -0.39 is 0 Å². The van der Waals surface area contributed by atoms with Crippen molar-refractivity contribution in [3.05, 3.63) is 64.1 Å². The van der Waals surface area contributed by atoms with Crippen LogP contribution in [-0.4, -0.2) is 24.9 Å². The van der Waals surface area contributed by atoms with Gasteiger partial charge < -0.3 is 10.2 Å². The van der Waals surface area contributed by atoms with Gasteiger partial charge in [0.15, 0.2) is 0 Å². The van der Waals surface area contributed by atoms with E-state index >= 15 is 0 Å². The third-order valence-electron chi connectivity index (χ3n) is 3.05. The molecule has 3 nitrogen and oxygen atoms in total. The van der Waals surface area contributed by atoms with Crippen molar-refractivity contribution in [2.75, 3.05) is 19.4 Å². The zero-order valence-electron chi connectivity index (χ0n) is 11.6. The van der Waals surface area contributed by atoms with E-state index in [2.05, 4.69) is 21.2 Å². The Hall–Kier alpha value is -1.81. The number of anilines is 1. The molecule has 0 saturated heterocycles. The first-order chi connectivity index (χ1) is 9.60. The van der Waals surface area contributed by atoms with Crippen LogP contribution in [-0.2, 0) is 6.54 Å². The highest BCUT2D eigenvalue weighted by Crippen LogP contribution is 2.15. The first-order valence-electron chi connectivity index (χ1n) is 6.38. The summed E-state index contributed by atoms with van der Waals surface area (Å²) in [6, 6.07) is 15.5. The molecule has 0 aromatic heterocycles. The van der Waals surface area contributed by atoms with Crippen LogP contribution in [0.3, 0.4) is 0 Å². The number of rotatable bonds is 4. The molecule has 0 bridgehead atoms. The van der Waals surface area contributed by atoms with Gasteiger partial charge >= 0.3 is 0 Å². The molecule has 1 N–H and O–H groups in total. The predicted octanol–water partition coefficient (Wildman–Crippen LogP) is 3.76. The fourth-order valence-electron chi connectivity index (χ4n) is 2.01. The highest BCUT2D eigenvalue weighted by molar-refractivity contribution is 9.10. The molecule has 1 amide bonds. The molecule has 0 heterocycles. The molecular weight excluding hydrogens is 316 g/mol. The standard InChI is InChI=1S/C16H17BrN2O/c1-18-15-8-4-6-13(10-15)16(20)19(2)11-12-5-3-7-14(17)9-12/h3-10,18H,11H2,1-2H3. The van der Waals surface area contributed by atoms with Crippen LogP contribution in [0.1, 0.15) is 15.9 Å². The molecule has 0 saturated carbocycles. The predicted molar refractivity (Wildman–Crippen MR) is 85.9 cm³/mol. The number of halogens is 1. The summed E-state index contributed by atoms with van der Waals surface area (Å²) in [5.41, 5.74) is 2.72. The molecule has 0 spiro atoms. The summed E-state index contributed by atoms with van der Waals surface area (Å²) in [5, 5.41) is 3.04. The molecule has 4 heteroatoms. The Kier molecular flexibility index (Phi) is 4.79. The lowest BCUT2D eigenvalue weighted by atomic mass is 10.1. The van der Waals surface area contributed by atoms with Crippen LogP contribution in [0.2, 0.25) is 0 Å². The summed E-state index contributed by atoms with van der Waals surface area (Å²) in [7, 11) is 3.66. The lowest BCUT2D eigenvalue weighted by Crippen LogP contribution is -2.26. The number of hydrogen-bond donors (Lipinski definition) is 1. The van der Waals surface area contributed by atoms with Gasteiger partial charge in [-0.05, 0) is 35.9 Å². The van der Waals surface area contributed by atoms with Crippen molar-refractivity contribution in [2.24, 2.45) is 0 Å². The van der Waals surface area contributed by atoms with Crippen molar-refractivity contribution >= 4 is 27.5 Å². The molecule has 2 rings (SSSR count). The van der Waals surface area contributed by atoms with Crippen molar-refractivity contribution in [3.63, 3.8) is 0 Å².